The molecule has 1 aliphatic rings. The van der Waals surface area contributed by atoms with E-state index in [4.69, 9.17) is 20.9 Å². The predicted octanol–water partition coefficient (Wildman–Crippen LogP) is 1.97. The molecule has 1 rings (SSSR count). The zero-order valence-electron chi connectivity index (χ0n) is 4.66. The molecule has 48 valence electrons. The molecule has 1 heterocycles. The topological polar surface area (TPSA) is 18.5 Å². The Balaban J connectivity index is 2.42. The van der Waals surface area contributed by atoms with Crippen LogP contribution in [-0.2, 0) is 20.9 Å². The van der Waals surface area contributed by atoms with Crippen LogP contribution in [-0.4, -0.2) is 12.5 Å². The fourth-order valence-electron chi connectivity index (χ4n) is 0.458. The highest BCUT2D eigenvalue weighted by Crippen LogP contribution is 2.68. The first-order valence-corrected chi connectivity index (χ1v) is 6.66. The van der Waals surface area contributed by atoms with Gasteiger partial charge in [0.05, 0.1) is 0 Å². The highest BCUT2D eigenvalue weighted by Gasteiger charge is 2.33. The Labute approximate surface area is 57.9 Å². The van der Waals surface area contributed by atoms with Crippen molar-refractivity contribution in [2.45, 2.75) is 13.2 Å². The second-order valence-corrected chi connectivity index (χ2v) is 7.76. The van der Waals surface area contributed by atoms with Crippen molar-refractivity contribution in [3.63, 3.8) is 0 Å². The molecule has 5 heteroatoms. The van der Waals surface area contributed by atoms with Gasteiger partial charge in [-0.3, -0.25) is 9.05 Å². The van der Waals surface area contributed by atoms with Crippen molar-refractivity contribution in [1.29, 1.82) is 0 Å². The van der Waals surface area contributed by atoms with Crippen LogP contribution >= 0.6 is 17.1 Å². The summed E-state index contributed by atoms with van der Waals surface area (Å²) in [5, 5.41) is 0. The summed E-state index contributed by atoms with van der Waals surface area (Å²) in [5.41, 5.74) is -1.78. The lowest BCUT2D eigenvalue weighted by Gasteiger charge is -2.34. The maximum Gasteiger partial charge on any atom is 0.251 e. The molecular weight excluding hydrogens is 163 g/mol. The molecule has 8 heavy (non-hydrogen) atoms. The molecule has 0 N–H and O–H groups in total. The molecule has 0 bridgehead atoms. The van der Waals surface area contributed by atoms with Gasteiger partial charge in [-0.1, -0.05) is 11.4 Å². The third-order valence-corrected chi connectivity index (χ3v) is 6.05. The molecule has 0 aliphatic carbocycles. The van der Waals surface area contributed by atoms with Gasteiger partial charge in [0.1, 0.15) is 0 Å². The Morgan fingerprint density at radius 2 is 2.12 bits per heavy atom. The smallest absolute Gasteiger partial charge is 0.251 e. The molecule has 0 radical (unpaired) electrons. The molecule has 1 fully saturated rings. The van der Waals surface area contributed by atoms with Gasteiger partial charge >= 0.3 is 0 Å². The van der Waals surface area contributed by atoms with Crippen LogP contribution in [0.5, 0.6) is 0 Å². The normalized spacial score (nSPS) is 46.0. The van der Waals surface area contributed by atoms with Gasteiger partial charge in [-0.25, -0.2) is 0 Å². The first-order valence-electron chi connectivity index (χ1n) is 2.19. The van der Waals surface area contributed by atoms with Gasteiger partial charge in [0.2, 0.25) is 0 Å². The van der Waals surface area contributed by atoms with Crippen molar-refractivity contribution in [2.75, 3.05) is 6.26 Å². The molecule has 0 aromatic rings. The van der Waals surface area contributed by atoms with Gasteiger partial charge in [0.15, 0.2) is 6.29 Å². The minimum absolute atomic E-state index is 0.0618. The summed E-state index contributed by atoms with van der Waals surface area (Å²) in [6, 6.07) is 0. The van der Waals surface area contributed by atoms with E-state index < -0.39 is 5.69 Å². The van der Waals surface area contributed by atoms with Crippen molar-refractivity contribution < 1.29 is 9.05 Å². The first kappa shape index (κ1) is 7.03. The Hall–Kier alpha value is 0.920. The average molecular weight is 170 g/mol. The second kappa shape index (κ2) is 2.27. The van der Waals surface area contributed by atoms with E-state index in [9.17, 15) is 0 Å². The average Bonchev–Trinajstić information content (AvgIpc) is 1.63. The van der Waals surface area contributed by atoms with Gasteiger partial charge in [0.25, 0.3) is 5.69 Å². The molecule has 0 aromatic carbocycles. The molecular formula is C3H7O2PS2. The molecule has 1 saturated heterocycles. The Morgan fingerprint density at radius 1 is 1.62 bits per heavy atom. The van der Waals surface area contributed by atoms with E-state index in [1.54, 1.807) is 0 Å². The number of hydrogen-bond acceptors (Lipinski definition) is 4. The summed E-state index contributed by atoms with van der Waals surface area (Å²) < 4.78 is 10.3. The highest BCUT2D eigenvalue weighted by molar-refractivity contribution is 8.67. The van der Waals surface area contributed by atoms with Gasteiger partial charge in [-0.2, -0.15) is 0 Å². The van der Waals surface area contributed by atoms with Crippen molar-refractivity contribution >= 4 is 28.9 Å². The predicted molar refractivity (Wildman–Crippen MR) is 39.4 cm³/mol. The van der Waals surface area contributed by atoms with Crippen LogP contribution in [0.4, 0.5) is 0 Å². The summed E-state index contributed by atoms with van der Waals surface area (Å²) in [4.78, 5) is 0. The van der Waals surface area contributed by atoms with Crippen LogP contribution in [0, 0.1) is 0 Å². The summed E-state index contributed by atoms with van der Waals surface area (Å²) in [5.74, 6) is 0. The summed E-state index contributed by atoms with van der Waals surface area (Å²) in [6.45, 7) is 1.85. The van der Waals surface area contributed by atoms with Crippen molar-refractivity contribution in [3.8, 4) is 0 Å². The Bertz CT molecular complexity index is 127. The monoisotopic (exact) mass is 170 g/mol. The van der Waals surface area contributed by atoms with E-state index in [-0.39, 0.29) is 6.29 Å². The second-order valence-electron chi connectivity index (χ2n) is 1.41. The molecule has 0 unspecified atom stereocenters. The highest BCUT2D eigenvalue weighted by atomic mass is 32.9. The zero-order chi connectivity index (χ0) is 6.20. The summed E-state index contributed by atoms with van der Waals surface area (Å²) in [6.07, 6.45) is 1.85. The molecule has 0 atom stereocenters. The third-order valence-electron chi connectivity index (χ3n) is 0.779. The van der Waals surface area contributed by atoms with Crippen LogP contribution in [0.2, 0.25) is 0 Å². The molecule has 0 saturated carbocycles. The molecule has 1 aliphatic heterocycles. The van der Waals surface area contributed by atoms with Crippen LogP contribution in [0.15, 0.2) is 0 Å². The van der Waals surface area contributed by atoms with Crippen molar-refractivity contribution in [1.82, 2.24) is 0 Å². The minimum atomic E-state index is -1.78. The van der Waals surface area contributed by atoms with Crippen molar-refractivity contribution in [3.05, 3.63) is 0 Å². The minimum Gasteiger partial charge on any atom is -0.291 e. The van der Waals surface area contributed by atoms with Crippen LogP contribution in [0.3, 0.4) is 0 Å². The lowest BCUT2D eigenvalue weighted by Crippen LogP contribution is -2.19. The largest absolute Gasteiger partial charge is 0.291 e. The van der Waals surface area contributed by atoms with Crippen LogP contribution in [0.25, 0.3) is 0 Å². The van der Waals surface area contributed by atoms with E-state index in [0.717, 1.165) is 0 Å². The molecule has 0 amide bonds. The fraction of sp³-hybridized carbons (Fsp3) is 1.00. The summed E-state index contributed by atoms with van der Waals surface area (Å²) >= 11 is 6.44. The Kier molecular flexibility index (Phi) is 2.00. The third kappa shape index (κ3) is 1.25. The van der Waals surface area contributed by atoms with Gasteiger partial charge in [0, 0.05) is 0 Å². The molecule has 0 aromatic heterocycles. The lowest BCUT2D eigenvalue weighted by atomic mass is 10.8. The van der Waals surface area contributed by atoms with Crippen LogP contribution < -0.4 is 0 Å². The lowest BCUT2D eigenvalue weighted by molar-refractivity contribution is -0.0471. The number of rotatable bonds is 1. The fourth-order valence-corrected chi connectivity index (χ4v) is 3.34. The van der Waals surface area contributed by atoms with E-state index >= 15 is 0 Å². The first-order chi connectivity index (χ1) is 3.66. The van der Waals surface area contributed by atoms with Gasteiger partial charge < -0.3 is 0 Å². The molecule has 2 nitrogen and oxygen atoms in total. The quantitative estimate of drug-likeness (QED) is 0.560. The van der Waals surface area contributed by atoms with Crippen LogP contribution in [0.1, 0.15) is 6.92 Å². The van der Waals surface area contributed by atoms with E-state index in [0.29, 0.717) is 0 Å². The van der Waals surface area contributed by atoms with Crippen molar-refractivity contribution in [2.24, 2.45) is 0 Å². The van der Waals surface area contributed by atoms with E-state index in [1.165, 1.54) is 11.4 Å². The zero-order valence-corrected chi connectivity index (χ0v) is 7.18. The maximum absolute atomic E-state index is 5.14. The number of hydrogen-bond donors (Lipinski definition) is 0. The van der Waals surface area contributed by atoms with Gasteiger partial charge in [-0.05, 0) is 25.0 Å². The maximum atomic E-state index is 5.14. The Morgan fingerprint density at radius 3 is 2.25 bits per heavy atom. The SMILES string of the molecule is CSP1(=S)OC(C)O1. The summed E-state index contributed by atoms with van der Waals surface area (Å²) in [7, 11) is 0. The molecule has 0 spiro atoms. The van der Waals surface area contributed by atoms with E-state index in [1.807, 2.05) is 13.2 Å². The van der Waals surface area contributed by atoms with Gasteiger partial charge in [-0.15, -0.1) is 0 Å². The van der Waals surface area contributed by atoms with E-state index in [2.05, 4.69) is 0 Å². The standard InChI is InChI=1S/C3H7O2PS2/c1-3-4-6(7,5-3)8-2/h3H,1-2H3.